The normalized spacial score (nSPS) is 10.2. The smallest absolute Gasteiger partial charge is 0.338 e. The van der Waals surface area contributed by atoms with Crippen molar-refractivity contribution in [1.82, 2.24) is 0 Å². The van der Waals surface area contributed by atoms with E-state index in [0.29, 0.717) is 17.1 Å². The number of hydrogen-bond donors (Lipinski definition) is 1. The topological polar surface area (TPSA) is 55.8 Å². The molecule has 4 heteroatoms. The average molecular weight is 312 g/mol. The number of aliphatic hydroxyl groups excluding tert-OH is 1. The van der Waals surface area contributed by atoms with Gasteiger partial charge < -0.3 is 14.6 Å². The standard InChI is InChI=1S/C19H20O4/c1-13(2)19(21)23-18-12-14(3)4-9-17(18)15-5-7-16(8-6-15)22-11-10-20/h4-9,12,20H,1,10-11H2,2-3H3. The van der Waals surface area contributed by atoms with Crippen LogP contribution in [0.3, 0.4) is 0 Å². The summed E-state index contributed by atoms with van der Waals surface area (Å²) in [4.78, 5) is 11.8. The Kier molecular flexibility index (Phi) is 5.55. The SMILES string of the molecule is C=C(C)C(=O)Oc1cc(C)ccc1-c1ccc(OCCO)cc1. The third-order valence-corrected chi connectivity index (χ3v) is 3.21. The molecule has 0 aromatic heterocycles. The molecule has 0 atom stereocenters. The van der Waals surface area contributed by atoms with Crippen LogP contribution in [-0.2, 0) is 4.79 Å². The van der Waals surface area contributed by atoms with E-state index in [4.69, 9.17) is 14.6 Å². The van der Waals surface area contributed by atoms with E-state index in [0.717, 1.165) is 16.7 Å². The van der Waals surface area contributed by atoms with Gasteiger partial charge in [0.15, 0.2) is 0 Å². The molecule has 4 nitrogen and oxygen atoms in total. The largest absolute Gasteiger partial charge is 0.491 e. The second-order valence-electron chi connectivity index (χ2n) is 5.27. The van der Waals surface area contributed by atoms with Crippen LogP contribution in [0.1, 0.15) is 12.5 Å². The number of aliphatic hydroxyl groups is 1. The Morgan fingerprint density at radius 1 is 1.17 bits per heavy atom. The third-order valence-electron chi connectivity index (χ3n) is 3.21. The quantitative estimate of drug-likeness (QED) is 0.504. The van der Waals surface area contributed by atoms with Crippen LogP contribution in [0.25, 0.3) is 11.1 Å². The van der Waals surface area contributed by atoms with Gasteiger partial charge in [0.2, 0.25) is 0 Å². The van der Waals surface area contributed by atoms with E-state index in [1.54, 1.807) is 6.92 Å². The van der Waals surface area contributed by atoms with Crippen molar-refractivity contribution in [1.29, 1.82) is 0 Å². The predicted octanol–water partition coefficient (Wildman–Crippen LogP) is 3.51. The number of aryl methyl sites for hydroxylation is 1. The van der Waals surface area contributed by atoms with Gasteiger partial charge in [0.05, 0.1) is 6.61 Å². The Hall–Kier alpha value is -2.59. The molecule has 0 fully saturated rings. The summed E-state index contributed by atoms with van der Waals surface area (Å²) < 4.78 is 10.8. The van der Waals surface area contributed by atoms with Crippen molar-refractivity contribution in [2.45, 2.75) is 13.8 Å². The highest BCUT2D eigenvalue weighted by molar-refractivity contribution is 5.90. The minimum Gasteiger partial charge on any atom is -0.491 e. The number of ether oxygens (including phenoxy) is 2. The van der Waals surface area contributed by atoms with E-state index in [1.165, 1.54) is 0 Å². The highest BCUT2D eigenvalue weighted by Crippen LogP contribution is 2.32. The lowest BCUT2D eigenvalue weighted by molar-refractivity contribution is -0.130. The molecule has 0 aliphatic rings. The van der Waals surface area contributed by atoms with Gasteiger partial charge in [-0.05, 0) is 43.2 Å². The van der Waals surface area contributed by atoms with Gasteiger partial charge in [-0.3, -0.25) is 0 Å². The molecule has 0 amide bonds. The molecule has 0 radical (unpaired) electrons. The van der Waals surface area contributed by atoms with Crippen LogP contribution in [0.2, 0.25) is 0 Å². The van der Waals surface area contributed by atoms with Crippen LogP contribution in [0.15, 0.2) is 54.6 Å². The first-order valence-corrected chi connectivity index (χ1v) is 7.33. The molecule has 2 rings (SSSR count). The maximum Gasteiger partial charge on any atom is 0.338 e. The maximum atomic E-state index is 11.8. The van der Waals surface area contributed by atoms with Crippen LogP contribution in [0, 0.1) is 6.92 Å². The van der Waals surface area contributed by atoms with Gasteiger partial charge in [0, 0.05) is 11.1 Å². The van der Waals surface area contributed by atoms with Crippen LogP contribution in [0.4, 0.5) is 0 Å². The van der Waals surface area contributed by atoms with Gasteiger partial charge in [-0.15, -0.1) is 0 Å². The fraction of sp³-hybridized carbons (Fsp3) is 0.211. The van der Waals surface area contributed by atoms with E-state index in [1.807, 2.05) is 49.4 Å². The maximum absolute atomic E-state index is 11.8. The molecule has 0 unspecified atom stereocenters. The molecule has 0 spiro atoms. The molecule has 120 valence electrons. The summed E-state index contributed by atoms with van der Waals surface area (Å²) in [5.41, 5.74) is 3.08. The van der Waals surface area contributed by atoms with E-state index in [2.05, 4.69) is 6.58 Å². The zero-order chi connectivity index (χ0) is 16.8. The van der Waals surface area contributed by atoms with Crippen LogP contribution >= 0.6 is 0 Å². The number of rotatable bonds is 6. The Morgan fingerprint density at radius 3 is 2.48 bits per heavy atom. The van der Waals surface area contributed by atoms with Crippen molar-refractivity contribution in [3.8, 4) is 22.6 Å². The highest BCUT2D eigenvalue weighted by Gasteiger charge is 2.12. The zero-order valence-corrected chi connectivity index (χ0v) is 13.3. The average Bonchev–Trinajstić information content (AvgIpc) is 2.53. The molecule has 0 saturated carbocycles. The van der Waals surface area contributed by atoms with Gasteiger partial charge in [-0.1, -0.05) is 30.8 Å². The summed E-state index contributed by atoms with van der Waals surface area (Å²) in [5.74, 6) is 0.733. The first-order valence-electron chi connectivity index (χ1n) is 7.33. The first-order chi connectivity index (χ1) is 11.0. The van der Waals surface area contributed by atoms with E-state index in [9.17, 15) is 4.79 Å². The van der Waals surface area contributed by atoms with Gasteiger partial charge in [0.25, 0.3) is 0 Å². The van der Waals surface area contributed by atoms with Crippen molar-refractivity contribution >= 4 is 5.97 Å². The molecule has 0 aliphatic heterocycles. The lowest BCUT2D eigenvalue weighted by atomic mass is 10.0. The fourth-order valence-corrected chi connectivity index (χ4v) is 2.03. The summed E-state index contributed by atoms with van der Waals surface area (Å²) in [6.07, 6.45) is 0. The molecule has 2 aromatic carbocycles. The number of hydrogen-bond acceptors (Lipinski definition) is 4. The number of benzene rings is 2. The molecule has 0 saturated heterocycles. The second-order valence-corrected chi connectivity index (χ2v) is 5.27. The summed E-state index contributed by atoms with van der Waals surface area (Å²) in [6, 6.07) is 13.1. The number of esters is 1. The molecule has 0 heterocycles. The molecule has 2 aromatic rings. The summed E-state index contributed by atoms with van der Waals surface area (Å²) in [5, 5.41) is 8.77. The predicted molar refractivity (Wildman–Crippen MR) is 89.6 cm³/mol. The zero-order valence-electron chi connectivity index (χ0n) is 13.3. The monoisotopic (exact) mass is 312 g/mol. The molecular weight excluding hydrogens is 292 g/mol. The Balaban J connectivity index is 2.31. The van der Waals surface area contributed by atoms with Crippen molar-refractivity contribution in [2.24, 2.45) is 0 Å². The fourth-order valence-electron chi connectivity index (χ4n) is 2.03. The Morgan fingerprint density at radius 2 is 1.87 bits per heavy atom. The summed E-state index contributed by atoms with van der Waals surface area (Å²) in [6.45, 7) is 7.39. The molecule has 23 heavy (non-hydrogen) atoms. The molecule has 0 bridgehead atoms. The van der Waals surface area contributed by atoms with Crippen LogP contribution in [0.5, 0.6) is 11.5 Å². The van der Waals surface area contributed by atoms with Crippen molar-refractivity contribution in [2.75, 3.05) is 13.2 Å². The third kappa shape index (κ3) is 4.44. The van der Waals surface area contributed by atoms with Crippen molar-refractivity contribution in [3.63, 3.8) is 0 Å². The van der Waals surface area contributed by atoms with E-state index >= 15 is 0 Å². The van der Waals surface area contributed by atoms with Gasteiger partial charge in [0.1, 0.15) is 18.1 Å². The molecule has 0 aliphatic carbocycles. The van der Waals surface area contributed by atoms with Crippen LogP contribution in [-0.4, -0.2) is 24.3 Å². The van der Waals surface area contributed by atoms with Crippen molar-refractivity contribution < 1.29 is 19.4 Å². The minimum atomic E-state index is -0.445. The van der Waals surface area contributed by atoms with E-state index in [-0.39, 0.29) is 13.2 Å². The Bertz CT molecular complexity index is 702. The summed E-state index contributed by atoms with van der Waals surface area (Å²) >= 11 is 0. The molecule has 1 N–H and O–H groups in total. The van der Waals surface area contributed by atoms with Crippen molar-refractivity contribution in [3.05, 3.63) is 60.2 Å². The van der Waals surface area contributed by atoms with Gasteiger partial charge >= 0.3 is 5.97 Å². The second kappa shape index (κ2) is 7.61. The minimum absolute atomic E-state index is 0.0271. The lowest BCUT2D eigenvalue weighted by Crippen LogP contribution is -2.09. The first kappa shape index (κ1) is 16.8. The summed E-state index contributed by atoms with van der Waals surface area (Å²) in [7, 11) is 0. The van der Waals surface area contributed by atoms with Gasteiger partial charge in [-0.2, -0.15) is 0 Å². The number of carbonyl (C=O) groups is 1. The van der Waals surface area contributed by atoms with Crippen LogP contribution < -0.4 is 9.47 Å². The molecular formula is C19H20O4. The Labute approximate surface area is 136 Å². The highest BCUT2D eigenvalue weighted by atomic mass is 16.5. The van der Waals surface area contributed by atoms with E-state index < -0.39 is 5.97 Å². The lowest BCUT2D eigenvalue weighted by Gasteiger charge is -2.12. The number of carbonyl (C=O) groups excluding carboxylic acids is 1. The van der Waals surface area contributed by atoms with Gasteiger partial charge in [-0.25, -0.2) is 4.79 Å².